The molecule has 0 unspecified atom stereocenters. The molecule has 15 aromatic rings. The average Bonchev–Trinajstić information content (AvgIpc) is 1.56. The van der Waals surface area contributed by atoms with Crippen LogP contribution in [-0.4, -0.2) is 24.1 Å². The van der Waals surface area contributed by atoms with Crippen molar-refractivity contribution in [1.29, 1.82) is 0 Å². The monoisotopic (exact) mass is 1070 g/mol. The summed E-state index contributed by atoms with van der Waals surface area (Å²) in [6.45, 7) is 4.74. The molecular weight excluding hydrogens is 1020 g/mol. The first kappa shape index (κ1) is 46.9. The highest BCUT2D eigenvalue weighted by Gasteiger charge is 2.53. The molecule has 3 heterocycles. The number of nitrogens with zero attached hydrogens (tertiary/aromatic N) is 5. The van der Waals surface area contributed by atoms with Crippen LogP contribution in [0.4, 0.5) is 0 Å². The van der Waals surface area contributed by atoms with E-state index in [1.165, 1.54) is 88.6 Å². The first-order valence-corrected chi connectivity index (χ1v) is 29.1. The Morgan fingerprint density at radius 3 is 1.40 bits per heavy atom. The second-order valence-corrected chi connectivity index (χ2v) is 23.4. The summed E-state index contributed by atoms with van der Waals surface area (Å²) >= 11 is 0. The van der Waals surface area contributed by atoms with Crippen molar-refractivity contribution in [3.8, 4) is 90.0 Å². The van der Waals surface area contributed by atoms with E-state index in [1.807, 2.05) is 6.07 Å². The van der Waals surface area contributed by atoms with Crippen LogP contribution in [0.1, 0.15) is 47.2 Å². The van der Waals surface area contributed by atoms with E-state index in [2.05, 4.69) is 290 Å². The fourth-order valence-corrected chi connectivity index (χ4v) is 15.1. The molecule has 0 N–H and O–H groups in total. The summed E-state index contributed by atoms with van der Waals surface area (Å²) in [5.41, 5.74) is 26.6. The Labute approximate surface area is 486 Å². The standard InChI is InChI=1S/C79H51N5/c1-78(2)65-33-16-12-32-58(65)61-46-64-63-45-52(37-41-70(63)83(72(64)47-69(61)78)54-27-10-5-11-28-54)51-38-42-71-62(44-51)60-40-39-59-57-31-15-19-36-68(57)79(66-34-17-13-29-55(66)56-30-14-18-35-67(56)79)73(59)74(60)84(71)77-81-75(49-23-8-4-9-24-49)80-76(82-77)53-26-20-25-50(43-53)48-21-6-3-7-22-48/h3-47H,1-2H3. The highest BCUT2D eigenvalue weighted by atomic mass is 15.2. The van der Waals surface area contributed by atoms with Gasteiger partial charge in [-0.1, -0.05) is 232 Å². The smallest absolute Gasteiger partial charge is 0.238 e. The van der Waals surface area contributed by atoms with Crippen LogP contribution in [0.5, 0.6) is 0 Å². The van der Waals surface area contributed by atoms with Crippen LogP contribution in [0.3, 0.4) is 0 Å². The van der Waals surface area contributed by atoms with Crippen molar-refractivity contribution in [2.75, 3.05) is 0 Å². The zero-order chi connectivity index (χ0) is 55.4. The molecule has 18 rings (SSSR count). The predicted octanol–water partition coefficient (Wildman–Crippen LogP) is 19.4. The van der Waals surface area contributed by atoms with E-state index in [9.17, 15) is 0 Å². The van der Waals surface area contributed by atoms with E-state index in [-0.39, 0.29) is 5.41 Å². The molecule has 0 bridgehead atoms. The fraction of sp³-hybridized carbons (Fsp3) is 0.0506. The maximum Gasteiger partial charge on any atom is 0.238 e. The molecule has 0 aliphatic heterocycles. The van der Waals surface area contributed by atoms with Gasteiger partial charge in [0.1, 0.15) is 0 Å². The highest BCUT2D eigenvalue weighted by Crippen LogP contribution is 2.65. The first-order chi connectivity index (χ1) is 41.4. The summed E-state index contributed by atoms with van der Waals surface area (Å²) in [6.07, 6.45) is 0. The molecular formula is C79H51N5. The van der Waals surface area contributed by atoms with Gasteiger partial charge in [-0.3, -0.25) is 4.57 Å². The van der Waals surface area contributed by atoms with Crippen molar-refractivity contribution < 1.29 is 0 Å². The van der Waals surface area contributed by atoms with Gasteiger partial charge >= 0.3 is 0 Å². The summed E-state index contributed by atoms with van der Waals surface area (Å²) in [4.78, 5) is 16.6. The molecule has 0 fully saturated rings. The molecule has 5 heteroatoms. The van der Waals surface area contributed by atoms with Gasteiger partial charge in [0.15, 0.2) is 11.6 Å². The Morgan fingerprint density at radius 1 is 0.286 bits per heavy atom. The van der Waals surface area contributed by atoms with Crippen LogP contribution >= 0.6 is 0 Å². The van der Waals surface area contributed by atoms with Crippen molar-refractivity contribution in [3.05, 3.63) is 306 Å². The van der Waals surface area contributed by atoms with E-state index in [4.69, 9.17) is 15.0 Å². The van der Waals surface area contributed by atoms with Gasteiger partial charge < -0.3 is 4.57 Å². The number of hydrogen-bond acceptors (Lipinski definition) is 3. The molecule has 392 valence electrons. The van der Waals surface area contributed by atoms with E-state index in [0.29, 0.717) is 17.6 Å². The van der Waals surface area contributed by atoms with Crippen LogP contribution < -0.4 is 0 Å². The molecule has 3 aliphatic carbocycles. The molecule has 0 radical (unpaired) electrons. The fourth-order valence-electron chi connectivity index (χ4n) is 15.1. The summed E-state index contributed by atoms with van der Waals surface area (Å²) in [5, 5.41) is 4.71. The Kier molecular flexibility index (Phi) is 9.72. The van der Waals surface area contributed by atoms with Gasteiger partial charge in [-0.2, -0.15) is 9.97 Å². The van der Waals surface area contributed by atoms with Gasteiger partial charge in [0, 0.05) is 49.3 Å². The zero-order valence-corrected chi connectivity index (χ0v) is 46.2. The normalized spacial score (nSPS) is 13.8. The lowest BCUT2D eigenvalue weighted by atomic mass is 9.70. The second kappa shape index (κ2) is 17.4. The Bertz CT molecular complexity index is 5220. The molecule has 12 aromatic carbocycles. The predicted molar refractivity (Wildman–Crippen MR) is 344 cm³/mol. The van der Waals surface area contributed by atoms with Crippen molar-refractivity contribution >= 4 is 43.6 Å². The minimum atomic E-state index is -0.649. The van der Waals surface area contributed by atoms with Gasteiger partial charge in [-0.25, -0.2) is 4.98 Å². The molecule has 1 spiro atoms. The number of para-hydroxylation sites is 1. The van der Waals surface area contributed by atoms with E-state index in [1.54, 1.807) is 0 Å². The molecule has 5 nitrogen and oxygen atoms in total. The van der Waals surface area contributed by atoms with Crippen LogP contribution in [0.2, 0.25) is 0 Å². The molecule has 3 aromatic heterocycles. The largest absolute Gasteiger partial charge is 0.309 e. The minimum absolute atomic E-state index is 0.135. The number of rotatable bonds is 6. The molecule has 84 heavy (non-hydrogen) atoms. The lowest BCUT2D eigenvalue weighted by molar-refractivity contribution is 0.661. The van der Waals surface area contributed by atoms with Crippen molar-refractivity contribution in [3.63, 3.8) is 0 Å². The third kappa shape index (κ3) is 6.41. The van der Waals surface area contributed by atoms with Crippen molar-refractivity contribution in [2.24, 2.45) is 0 Å². The van der Waals surface area contributed by atoms with Crippen LogP contribution in [0.25, 0.3) is 134 Å². The number of hydrogen-bond donors (Lipinski definition) is 0. The lowest BCUT2D eigenvalue weighted by Crippen LogP contribution is -2.26. The Balaban J connectivity index is 0.929. The van der Waals surface area contributed by atoms with Gasteiger partial charge in [0.2, 0.25) is 5.95 Å². The Morgan fingerprint density at radius 2 is 0.762 bits per heavy atom. The zero-order valence-electron chi connectivity index (χ0n) is 46.2. The topological polar surface area (TPSA) is 48.5 Å². The van der Waals surface area contributed by atoms with Crippen LogP contribution in [-0.2, 0) is 10.8 Å². The second-order valence-electron chi connectivity index (χ2n) is 23.4. The van der Waals surface area contributed by atoms with E-state index in [0.717, 1.165) is 60.9 Å². The maximum atomic E-state index is 5.64. The van der Waals surface area contributed by atoms with Crippen LogP contribution in [0, 0.1) is 0 Å². The average molecular weight is 1070 g/mol. The van der Waals surface area contributed by atoms with Gasteiger partial charge in [-0.05, 0) is 138 Å². The highest BCUT2D eigenvalue weighted by molar-refractivity contribution is 6.17. The number of fused-ring (bicyclic) bond motifs is 20. The van der Waals surface area contributed by atoms with Gasteiger partial charge in [0.25, 0.3) is 0 Å². The summed E-state index contributed by atoms with van der Waals surface area (Å²) < 4.78 is 4.84. The first-order valence-electron chi connectivity index (χ1n) is 29.1. The number of aromatic nitrogens is 5. The molecule has 0 saturated heterocycles. The minimum Gasteiger partial charge on any atom is -0.309 e. The molecule has 0 saturated carbocycles. The summed E-state index contributed by atoms with van der Waals surface area (Å²) in [7, 11) is 0. The quantitative estimate of drug-likeness (QED) is 0.167. The van der Waals surface area contributed by atoms with Gasteiger partial charge in [0.05, 0.1) is 27.5 Å². The van der Waals surface area contributed by atoms with E-state index >= 15 is 0 Å². The lowest BCUT2D eigenvalue weighted by Gasteiger charge is -2.31. The third-order valence-corrected chi connectivity index (χ3v) is 18.8. The number of benzene rings is 12. The SMILES string of the molecule is CC1(C)c2ccccc2-c2cc3c4cc(-c5ccc6c(c5)c5ccc7c(c5n6-c5nc(-c6ccccc6)nc(-c6cccc(-c8ccccc8)c6)n5)C5(c6ccccc6-c6ccccc65)c5ccccc5-7)ccc4n(-c4ccccc4)c3cc21. The van der Waals surface area contributed by atoms with Crippen LogP contribution in [0.15, 0.2) is 273 Å². The Hall–Kier alpha value is -10.8. The third-order valence-electron chi connectivity index (χ3n) is 18.8. The molecule has 0 amide bonds. The molecule has 3 aliphatic rings. The van der Waals surface area contributed by atoms with Crippen molar-refractivity contribution in [1.82, 2.24) is 24.1 Å². The van der Waals surface area contributed by atoms with E-state index < -0.39 is 5.41 Å². The summed E-state index contributed by atoms with van der Waals surface area (Å²) in [5.74, 6) is 1.77. The van der Waals surface area contributed by atoms with Gasteiger partial charge in [-0.15, -0.1) is 0 Å². The molecule has 0 atom stereocenters. The van der Waals surface area contributed by atoms with Crippen molar-refractivity contribution in [2.45, 2.75) is 24.7 Å². The maximum absolute atomic E-state index is 5.64. The summed E-state index contributed by atoms with van der Waals surface area (Å²) in [6, 6.07) is 100.